The summed E-state index contributed by atoms with van der Waals surface area (Å²) in [6.45, 7) is 5.17. The molecule has 2 unspecified atom stereocenters. The Labute approximate surface area is 246 Å². The number of unbranched alkanes of at least 4 members (excludes halogenated alkanes) is 10. The number of halogens is 8. The van der Waals surface area contributed by atoms with Crippen molar-refractivity contribution in [2.75, 3.05) is 13.2 Å². The molecule has 0 bridgehead atoms. The van der Waals surface area contributed by atoms with Crippen LogP contribution >= 0.6 is 0 Å². The first-order valence-electron chi connectivity index (χ1n) is 14.5. The van der Waals surface area contributed by atoms with Crippen molar-refractivity contribution in [1.82, 2.24) is 0 Å². The van der Waals surface area contributed by atoms with Gasteiger partial charge in [-0.05, 0) is 25.0 Å². The summed E-state index contributed by atoms with van der Waals surface area (Å²) in [7, 11) is 0. The van der Waals surface area contributed by atoms with E-state index in [1.807, 2.05) is 0 Å². The highest BCUT2D eigenvalue weighted by atomic mass is 19.3. The second kappa shape index (κ2) is 18.2. The van der Waals surface area contributed by atoms with Gasteiger partial charge in [0, 0.05) is 0 Å². The Morgan fingerprint density at radius 1 is 0.721 bits per heavy atom. The molecule has 5 nitrogen and oxygen atoms in total. The normalized spacial score (nSPS) is 20.7. The minimum atomic E-state index is -6.10. The van der Waals surface area contributed by atoms with Gasteiger partial charge in [-0.1, -0.05) is 90.2 Å². The fraction of sp³-hybridized carbons (Fsp3) is 0.667. The van der Waals surface area contributed by atoms with E-state index in [1.54, 1.807) is 24.3 Å². The van der Waals surface area contributed by atoms with Gasteiger partial charge < -0.3 is 14.6 Å². The fourth-order valence-corrected chi connectivity index (χ4v) is 4.04. The lowest BCUT2D eigenvalue weighted by Crippen LogP contribution is -2.64. The number of aliphatic hydroxyl groups is 1. The molecule has 2 rings (SSSR count). The summed E-state index contributed by atoms with van der Waals surface area (Å²) in [4.78, 5) is 24.7. The molecule has 0 heterocycles. The third-order valence-electron chi connectivity index (χ3n) is 6.71. The largest absolute Gasteiger partial charge is 0.462 e. The molecular weight excluding hydrogens is 592 g/mol. The van der Waals surface area contributed by atoms with Crippen LogP contribution in [0.2, 0.25) is 0 Å². The number of ether oxygens (including phenoxy) is 2. The van der Waals surface area contributed by atoms with E-state index in [-0.39, 0.29) is 0 Å². The van der Waals surface area contributed by atoms with Crippen LogP contribution in [0.25, 0.3) is 0 Å². The zero-order chi connectivity index (χ0) is 32.7. The Bertz CT molecular complexity index is 996. The summed E-state index contributed by atoms with van der Waals surface area (Å²) in [6, 6.07) is 6.74. The number of rotatable bonds is 16. The number of esters is 2. The zero-order valence-corrected chi connectivity index (χ0v) is 24.4. The number of hydrogen-bond donors (Lipinski definition) is 1. The third-order valence-corrected chi connectivity index (χ3v) is 6.71. The molecule has 0 fully saturated rings. The molecule has 0 amide bonds. The molecule has 1 aliphatic rings. The highest BCUT2D eigenvalue weighted by Gasteiger charge is 2.79. The van der Waals surface area contributed by atoms with Gasteiger partial charge in [-0.25, -0.2) is 22.8 Å². The first-order chi connectivity index (χ1) is 20.2. The summed E-state index contributed by atoms with van der Waals surface area (Å²) in [5.74, 6) is -24.8. The maximum absolute atomic E-state index is 12.4. The van der Waals surface area contributed by atoms with E-state index in [1.165, 1.54) is 51.4 Å². The number of hydrogen-bond acceptors (Lipinski definition) is 5. The molecule has 1 N–H and O–H groups in total. The van der Waals surface area contributed by atoms with Crippen LogP contribution in [-0.2, 0) is 9.47 Å². The van der Waals surface area contributed by atoms with Crippen LogP contribution in [0, 0.1) is 0 Å². The summed E-state index contributed by atoms with van der Waals surface area (Å²) >= 11 is 0. The van der Waals surface area contributed by atoms with Crippen molar-refractivity contribution in [3.05, 3.63) is 47.0 Å². The molecule has 0 radical (unpaired) electrons. The van der Waals surface area contributed by atoms with Crippen LogP contribution < -0.4 is 0 Å². The van der Waals surface area contributed by atoms with E-state index in [9.17, 15) is 44.7 Å². The van der Waals surface area contributed by atoms with Gasteiger partial charge in [-0.3, -0.25) is 0 Å². The Hall–Kier alpha value is -2.70. The molecule has 1 aromatic carbocycles. The predicted octanol–water partition coefficient (Wildman–Crippen LogP) is 9.14. The molecule has 0 aliphatic heterocycles. The number of carbonyl (C=O) groups is 2. The van der Waals surface area contributed by atoms with Gasteiger partial charge in [0.15, 0.2) is 5.83 Å². The maximum atomic E-state index is 12.4. The standard InChI is InChI=1S/C24H38O4.C6H2F8O/c1-3-5-7-9-11-15-19-27-23(25)21-17-13-14-18-22(21)24(26)28-20-16-12-10-8-6-4-2;7-1-2(8)4(10,11)6(13,14)5(12,15)3(1)9/h13-14,17-18H,3-12,15-16,19-20H2,1-2H3;2,15H. The van der Waals surface area contributed by atoms with Crippen molar-refractivity contribution in [3.63, 3.8) is 0 Å². The van der Waals surface area contributed by atoms with E-state index in [0.717, 1.165) is 25.7 Å². The maximum Gasteiger partial charge on any atom is 0.377 e. The Balaban J connectivity index is 0.000000517. The molecule has 0 spiro atoms. The number of benzene rings is 1. The van der Waals surface area contributed by atoms with E-state index in [4.69, 9.17) is 14.6 Å². The minimum absolute atomic E-state index is 0.293. The van der Waals surface area contributed by atoms with Gasteiger partial charge in [0.2, 0.25) is 12.0 Å². The highest BCUT2D eigenvalue weighted by Crippen LogP contribution is 2.55. The average molecular weight is 633 g/mol. The molecular formula is C30H40F8O5. The van der Waals surface area contributed by atoms with E-state index in [0.29, 0.717) is 24.3 Å². The summed E-state index contributed by atoms with van der Waals surface area (Å²) in [6.07, 6.45) is 9.28. The number of alkyl halides is 6. The lowest BCUT2D eigenvalue weighted by atomic mass is 9.91. The monoisotopic (exact) mass is 632 g/mol. The molecule has 43 heavy (non-hydrogen) atoms. The zero-order valence-electron chi connectivity index (χ0n) is 24.4. The van der Waals surface area contributed by atoms with E-state index in [2.05, 4.69) is 13.8 Å². The molecule has 13 heteroatoms. The number of allylic oxidation sites excluding steroid dienone is 1. The van der Waals surface area contributed by atoms with Crippen molar-refractivity contribution >= 4 is 11.9 Å². The van der Waals surface area contributed by atoms with Crippen molar-refractivity contribution < 1.29 is 59.3 Å². The third kappa shape index (κ3) is 10.5. The average Bonchev–Trinajstić information content (AvgIpc) is 2.98. The Kier molecular flexibility index (Phi) is 16.2. The molecule has 0 aromatic heterocycles. The molecule has 2 atom stereocenters. The molecule has 0 saturated heterocycles. The van der Waals surface area contributed by atoms with E-state index >= 15 is 0 Å². The van der Waals surface area contributed by atoms with Crippen LogP contribution in [0.1, 0.15) is 112 Å². The minimum Gasteiger partial charge on any atom is -0.462 e. The molecule has 1 aromatic rings. The van der Waals surface area contributed by atoms with Gasteiger partial charge >= 0.3 is 29.6 Å². The van der Waals surface area contributed by atoms with Gasteiger partial charge in [-0.2, -0.15) is 22.0 Å². The summed E-state index contributed by atoms with van der Waals surface area (Å²) in [5.41, 5.74) is 0.586. The van der Waals surface area contributed by atoms with Gasteiger partial charge in [0.25, 0.3) is 0 Å². The van der Waals surface area contributed by atoms with Crippen molar-refractivity contribution in [3.8, 4) is 0 Å². The first-order valence-corrected chi connectivity index (χ1v) is 14.5. The quantitative estimate of drug-likeness (QED) is 0.112. The van der Waals surface area contributed by atoms with Crippen molar-refractivity contribution in [1.29, 1.82) is 0 Å². The Morgan fingerprint density at radius 2 is 1.09 bits per heavy atom. The lowest BCUT2D eigenvalue weighted by Gasteiger charge is -2.38. The lowest BCUT2D eigenvalue weighted by molar-refractivity contribution is -0.346. The van der Waals surface area contributed by atoms with Crippen LogP contribution in [0.4, 0.5) is 35.1 Å². The molecule has 0 saturated carbocycles. The molecule has 1 aliphatic carbocycles. The topological polar surface area (TPSA) is 72.8 Å². The SMILES string of the molecule is CCCCCCCCOC(=O)c1ccccc1C(=O)OCCCCCCCC.OC1(F)C(F)=C(F)C(F)C(F)(F)C1(F)F. The number of carbonyl (C=O) groups excluding carboxylic acids is 2. The summed E-state index contributed by atoms with van der Waals surface area (Å²) in [5, 5.41) is 8.06. The molecule has 246 valence electrons. The van der Waals surface area contributed by atoms with Crippen LogP contribution in [0.5, 0.6) is 0 Å². The van der Waals surface area contributed by atoms with Gasteiger partial charge in [0.05, 0.1) is 24.3 Å². The van der Waals surface area contributed by atoms with Crippen LogP contribution in [-0.4, -0.2) is 54.1 Å². The van der Waals surface area contributed by atoms with Crippen molar-refractivity contribution in [2.24, 2.45) is 0 Å². The highest BCUT2D eigenvalue weighted by molar-refractivity contribution is 6.03. The smallest absolute Gasteiger partial charge is 0.377 e. The fourth-order valence-electron chi connectivity index (χ4n) is 4.04. The second-order valence-corrected chi connectivity index (χ2v) is 10.2. The predicted molar refractivity (Wildman–Crippen MR) is 144 cm³/mol. The summed E-state index contributed by atoms with van der Waals surface area (Å²) < 4.78 is 109. The van der Waals surface area contributed by atoms with Gasteiger partial charge in [-0.15, -0.1) is 0 Å². The second-order valence-electron chi connectivity index (χ2n) is 10.2. The van der Waals surface area contributed by atoms with Crippen LogP contribution in [0.15, 0.2) is 35.9 Å². The Morgan fingerprint density at radius 3 is 1.49 bits per heavy atom. The van der Waals surface area contributed by atoms with Crippen molar-refractivity contribution in [2.45, 2.75) is 115 Å². The van der Waals surface area contributed by atoms with Crippen LogP contribution in [0.3, 0.4) is 0 Å². The van der Waals surface area contributed by atoms with Gasteiger partial charge in [0.1, 0.15) is 0 Å². The first kappa shape index (κ1) is 38.3. The van der Waals surface area contributed by atoms with E-state index < -0.39 is 47.5 Å².